The summed E-state index contributed by atoms with van der Waals surface area (Å²) in [6, 6.07) is 0. The lowest BCUT2D eigenvalue weighted by atomic mass is 10.1. The largest absolute Gasteiger partial charge is 0.462 e. The van der Waals surface area contributed by atoms with E-state index >= 15 is 0 Å². The van der Waals surface area contributed by atoms with Crippen molar-refractivity contribution in [1.29, 1.82) is 0 Å². The van der Waals surface area contributed by atoms with Crippen molar-refractivity contribution in [2.45, 2.75) is 246 Å². The van der Waals surface area contributed by atoms with E-state index in [1.165, 1.54) is 4.90 Å². The number of hydrogen-bond donors (Lipinski definition) is 0. The molecule has 0 heterocycles. The minimum Gasteiger partial charge on any atom is -0.462 e. The zero-order chi connectivity index (χ0) is 49.3. The summed E-state index contributed by atoms with van der Waals surface area (Å²) in [4.78, 5) is 90.6. The predicted molar refractivity (Wildman–Crippen MR) is 253 cm³/mol. The Bertz CT molecular complexity index is 1170. The standard InChI is InChI=1S/C51H91NO14/c1-8-12-16-20-24-30-44(53)60-38-42(39-61-45(54)31-25-21-17-13-9-2)64-48(57)34-28-36-52(50(59)66-51(5,6)7)37-29-35-49(58)65-43(40-62-46(55)32-26-22-18-14-10-3)41-63-47(56)33-27-23-19-15-11-4/h42-43H,8-41H2,1-7H3. The van der Waals surface area contributed by atoms with Gasteiger partial charge in [-0.3, -0.25) is 28.8 Å². The molecule has 0 bridgehead atoms. The van der Waals surface area contributed by atoms with E-state index in [4.69, 9.17) is 33.2 Å². The van der Waals surface area contributed by atoms with Crippen LogP contribution in [0.5, 0.6) is 0 Å². The van der Waals surface area contributed by atoms with Crippen molar-refractivity contribution in [3.8, 4) is 0 Å². The summed E-state index contributed by atoms with van der Waals surface area (Å²) < 4.78 is 38.5. The summed E-state index contributed by atoms with van der Waals surface area (Å²) in [6.45, 7) is 12.8. The van der Waals surface area contributed by atoms with E-state index in [0.717, 1.165) is 103 Å². The number of unbranched alkanes of at least 4 members (excludes halogenated alkanes) is 16. The number of carbonyl (C=O) groups is 7. The van der Waals surface area contributed by atoms with Crippen LogP contribution in [0.15, 0.2) is 0 Å². The lowest BCUT2D eigenvalue weighted by Crippen LogP contribution is -2.38. The van der Waals surface area contributed by atoms with E-state index in [9.17, 15) is 33.6 Å². The van der Waals surface area contributed by atoms with Crippen LogP contribution in [0.1, 0.15) is 228 Å². The summed E-state index contributed by atoms with van der Waals surface area (Å²) in [5.74, 6) is -2.91. The Balaban J connectivity index is 5.45. The van der Waals surface area contributed by atoms with E-state index in [1.54, 1.807) is 20.8 Å². The van der Waals surface area contributed by atoms with Gasteiger partial charge in [-0.25, -0.2) is 4.79 Å². The van der Waals surface area contributed by atoms with E-state index in [2.05, 4.69) is 27.7 Å². The van der Waals surface area contributed by atoms with Gasteiger partial charge in [-0.1, -0.05) is 130 Å². The summed E-state index contributed by atoms with van der Waals surface area (Å²) in [7, 11) is 0. The molecule has 0 atom stereocenters. The van der Waals surface area contributed by atoms with Gasteiger partial charge in [0.1, 0.15) is 32.0 Å². The fourth-order valence-corrected chi connectivity index (χ4v) is 6.70. The second-order valence-corrected chi connectivity index (χ2v) is 18.3. The summed E-state index contributed by atoms with van der Waals surface area (Å²) in [5.41, 5.74) is -0.812. The Kier molecular flexibility index (Phi) is 38.8. The molecule has 0 aliphatic rings. The summed E-state index contributed by atoms with van der Waals surface area (Å²) in [5, 5.41) is 0. The highest BCUT2D eigenvalue weighted by molar-refractivity contribution is 5.73. The average Bonchev–Trinajstić information content (AvgIpc) is 3.26. The van der Waals surface area contributed by atoms with Crippen LogP contribution in [-0.2, 0) is 61.9 Å². The second-order valence-electron chi connectivity index (χ2n) is 18.3. The first kappa shape index (κ1) is 62.1. The maximum atomic E-state index is 13.2. The Morgan fingerprint density at radius 2 is 0.621 bits per heavy atom. The van der Waals surface area contributed by atoms with Crippen molar-refractivity contribution in [2.75, 3.05) is 39.5 Å². The average molecular weight is 942 g/mol. The molecule has 0 unspecified atom stereocenters. The number of carbonyl (C=O) groups excluding carboxylic acids is 7. The van der Waals surface area contributed by atoms with Crippen LogP contribution in [0, 0.1) is 0 Å². The number of rotatable bonds is 42. The van der Waals surface area contributed by atoms with Crippen LogP contribution >= 0.6 is 0 Å². The monoisotopic (exact) mass is 942 g/mol. The second kappa shape index (κ2) is 41.3. The van der Waals surface area contributed by atoms with Crippen LogP contribution < -0.4 is 0 Å². The minimum atomic E-state index is -1.000. The van der Waals surface area contributed by atoms with Crippen molar-refractivity contribution in [3.05, 3.63) is 0 Å². The van der Waals surface area contributed by atoms with Gasteiger partial charge in [0.25, 0.3) is 0 Å². The topological polar surface area (TPSA) is 187 Å². The molecule has 384 valence electrons. The third kappa shape index (κ3) is 39.3. The lowest BCUT2D eigenvalue weighted by molar-refractivity contribution is -0.167. The molecule has 66 heavy (non-hydrogen) atoms. The van der Waals surface area contributed by atoms with E-state index in [-0.39, 0.29) is 90.9 Å². The van der Waals surface area contributed by atoms with Crippen LogP contribution in [0.2, 0.25) is 0 Å². The molecular weight excluding hydrogens is 851 g/mol. The highest BCUT2D eigenvalue weighted by Gasteiger charge is 2.25. The number of amides is 1. The van der Waals surface area contributed by atoms with Crippen molar-refractivity contribution in [1.82, 2.24) is 4.90 Å². The quantitative estimate of drug-likeness (QED) is 0.0319. The Morgan fingerprint density at radius 3 is 0.879 bits per heavy atom. The van der Waals surface area contributed by atoms with Crippen molar-refractivity contribution < 1.29 is 66.7 Å². The molecule has 0 saturated heterocycles. The maximum Gasteiger partial charge on any atom is 0.410 e. The van der Waals surface area contributed by atoms with Gasteiger partial charge in [-0.2, -0.15) is 0 Å². The van der Waals surface area contributed by atoms with Crippen molar-refractivity contribution in [2.24, 2.45) is 0 Å². The summed E-state index contributed by atoms with van der Waals surface area (Å²) >= 11 is 0. The number of esters is 6. The first-order chi connectivity index (χ1) is 31.6. The van der Waals surface area contributed by atoms with E-state index in [1.807, 2.05) is 0 Å². The SMILES string of the molecule is CCCCCCCC(=O)OCC(COC(=O)CCCCCCC)OC(=O)CCCN(CCCC(=O)OC(COC(=O)CCCCCCC)COC(=O)CCCCCCC)C(=O)OC(C)(C)C. The highest BCUT2D eigenvalue weighted by Crippen LogP contribution is 2.15. The predicted octanol–water partition coefficient (Wildman–Crippen LogP) is 11.2. The Hall–Kier alpha value is -3.91. The van der Waals surface area contributed by atoms with Crippen LogP contribution in [-0.4, -0.2) is 104 Å². The van der Waals surface area contributed by atoms with Crippen LogP contribution in [0.25, 0.3) is 0 Å². The molecule has 0 rings (SSSR count). The molecular formula is C51H91NO14. The molecule has 1 amide bonds. The van der Waals surface area contributed by atoms with Gasteiger partial charge < -0.3 is 38.1 Å². The molecule has 0 aliphatic carbocycles. The van der Waals surface area contributed by atoms with Crippen molar-refractivity contribution in [3.63, 3.8) is 0 Å². The maximum absolute atomic E-state index is 13.2. The van der Waals surface area contributed by atoms with Gasteiger partial charge in [0.2, 0.25) is 0 Å². The third-order valence-electron chi connectivity index (χ3n) is 10.5. The van der Waals surface area contributed by atoms with E-state index in [0.29, 0.717) is 25.7 Å². The lowest BCUT2D eigenvalue weighted by Gasteiger charge is -2.27. The first-order valence-electron chi connectivity index (χ1n) is 25.6. The van der Waals surface area contributed by atoms with Gasteiger partial charge in [-0.15, -0.1) is 0 Å². The number of hydrogen-bond acceptors (Lipinski definition) is 14. The van der Waals surface area contributed by atoms with Gasteiger partial charge >= 0.3 is 41.9 Å². The van der Waals surface area contributed by atoms with Gasteiger partial charge in [-0.05, 0) is 59.3 Å². The van der Waals surface area contributed by atoms with E-state index < -0.39 is 59.7 Å². The molecule has 15 heteroatoms. The molecule has 0 radical (unpaired) electrons. The van der Waals surface area contributed by atoms with Crippen LogP contribution in [0.3, 0.4) is 0 Å². The smallest absolute Gasteiger partial charge is 0.410 e. The number of nitrogens with zero attached hydrogens (tertiary/aromatic N) is 1. The van der Waals surface area contributed by atoms with Gasteiger partial charge in [0.15, 0.2) is 12.2 Å². The van der Waals surface area contributed by atoms with Crippen molar-refractivity contribution >= 4 is 41.9 Å². The Morgan fingerprint density at radius 1 is 0.364 bits per heavy atom. The fourth-order valence-electron chi connectivity index (χ4n) is 6.70. The molecule has 15 nitrogen and oxygen atoms in total. The normalized spacial score (nSPS) is 11.3. The Labute approximate surface area is 398 Å². The third-order valence-corrected chi connectivity index (χ3v) is 10.5. The minimum absolute atomic E-state index is 0.0924. The van der Waals surface area contributed by atoms with Gasteiger partial charge in [0, 0.05) is 51.6 Å². The summed E-state index contributed by atoms with van der Waals surface area (Å²) in [6.07, 6.45) is 17.8. The molecule has 0 aromatic rings. The molecule has 0 aromatic carbocycles. The van der Waals surface area contributed by atoms with Crippen LogP contribution in [0.4, 0.5) is 4.79 Å². The molecule has 0 N–H and O–H groups in total. The molecule has 0 spiro atoms. The highest BCUT2D eigenvalue weighted by atomic mass is 16.6. The zero-order valence-corrected chi connectivity index (χ0v) is 42.4. The molecule has 0 fully saturated rings. The first-order valence-corrected chi connectivity index (χ1v) is 25.6. The zero-order valence-electron chi connectivity index (χ0n) is 42.4. The number of ether oxygens (including phenoxy) is 7. The fraction of sp³-hybridized carbons (Fsp3) is 0.863. The molecule has 0 aliphatic heterocycles. The van der Waals surface area contributed by atoms with Gasteiger partial charge in [0.05, 0.1) is 0 Å². The molecule has 0 aromatic heterocycles. The molecule has 0 saturated carbocycles.